The number of phenols is 1. The molecule has 0 aliphatic heterocycles. The summed E-state index contributed by atoms with van der Waals surface area (Å²) >= 11 is 0. The molecule has 174 valence electrons. The van der Waals surface area contributed by atoms with Crippen molar-refractivity contribution < 1.29 is 39.6 Å². The first-order valence-electron chi connectivity index (χ1n) is 10.4. The topological polar surface area (TPSA) is 180 Å². The number of hydrogen-bond acceptors (Lipinski definition) is 9. The third-order valence-electron chi connectivity index (χ3n) is 6.73. The van der Waals surface area contributed by atoms with E-state index in [9.17, 15) is 34.8 Å². The molecule has 6 N–H and O–H groups in total. The number of rotatable bonds is 3. The van der Waals surface area contributed by atoms with Crippen LogP contribution < -0.4 is 5.73 Å². The van der Waals surface area contributed by atoms with Crippen molar-refractivity contribution in [2.45, 2.75) is 38.2 Å². The molecule has 0 saturated heterocycles. The lowest BCUT2D eigenvalue weighted by Crippen LogP contribution is -2.64. The monoisotopic (exact) mass is 456 g/mol. The van der Waals surface area contributed by atoms with Crippen LogP contribution in [0.1, 0.15) is 42.9 Å². The number of phenolic OH excluding ortho intramolecular Hbond substituents is 1. The molecule has 1 aromatic rings. The van der Waals surface area contributed by atoms with Crippen molar-refractivity contribution in [1.29, 1.82) is 0 Å². The number of allylic oxidation sites excluding steroid dienone is 1. The average Bonchev–Trinajstić information content (AvgIpc) is 2.73. The van der Waals surface area contributed by atoms with Crippen LogP contribution in [0.5, 0.6) is 5.75 Å². The molecule has 1 saturated carbocycles. The van der Waals surface area contributed by atoms with Crippen LogP contribution in [0.15, 0.2) is 34.2 Å². The first-order valence-corrected chi connectivity index (χ1v) is 10.4. The van der Waals surface area contributed by atoms with Crippen LogP contribution in [-0.2, 0) is 25.6 Å². The van der Waals surface area contributed by atoms with Crippen LogP contribution in [0.3, 0.4) is 0 Å². The normalized spacial score (nSPS) is 28.1. The molecule has 0 heterocycles. The van der Waals surface area contributed by atoms with E-state index in [0.29, 0.717) is 5.56 Å². The highest BCUT2D eigenvalue weighted by molar-refractivity contribution is 6.38. The van der Waals surface area contributed by atoms with Crippen LogP contribution in [0.4, 0.5) is 0 Å². The van der Waals surface area contributed by atoms with Gasteiger partial charge in [0.1, 0.15) is 29.9 Å². The lowest BCUT2D eigenvalue weighted by Gasteiger charge is -2.45. The van der Waals surface area contributed by atoms with Gasteiger partial charge in [0.15, 0.2) is 11.4 Å². The van der Waals surface area contributed by atoms with E-state index in [4.69, 9.17) is 10.6 Å². The molecule has 0 bridgehead atoms. The fourth-order valence-electron chi connectivity index (χ4n) is 5.26. The maximum Gasteiger partial charge on any atom is 0.256 e. The molecule has 3 aliphatic rings. The number of aromatic hydroxyl groups is 1. The number of carbonyl (C=O) groups excluding carboxylic acids is 3. The fraction of sp³-hybridized carbons (Fsp3) is 0.391. The van der Waals surface area contributed by atoms with Gasteiger partial charge in [-0.3, -0.25) is 14.4 Å². The predicted octanol–water partition coefficient (Wildman–Crippen LogP) is 1.16. The van der Waals surface area contributed by atoms with Crippen LogP contribution >= 0.6 is 0 Å². The van der Waals surface area contributed by atoms with Gasteiger partial charge in [-0.05, 0) is 41.9 Å². The van der Waals surface area contributed by atoms with Crippen LogP contribution in [-0.4, -0.2) is 56.3 Å². The van der Waals surface area contributed by atoms with Gasteiger partial charge in [-0.1, -0.05) is 25.1 Å². The molecule has 1 fully saturated rings. The molecule has 0 aromatic heterocycles. The minimum absolute atomic E-state index is 0.0527. The molecule has 3 unspecified atom stereocenters. The maximum atomic E-state index is 13.6. The van der Waals surface area contributed by atoms with Gasteiger partial charge < -0.3 is 31.0 Å². The highest BCUT2D eigenvalue weighted by atomic mass is 16.6. The number of amides is 1. The Labute approximate surface area is 188 Å². The Morgan fingerprint density at radius 3 is 2.42 bits per heavy atom. The van der Waals surface area contributed by atoms with Gasteiger partial charge in [0.25, 0.3) is 5.91 Å². The third kappa shape index (κ3) is 2.90. The molecular weight excluding hydrogens is 432 g/mol. The molecule has 0 radical (unpaired) electrons. The Hall–Kier alpha value is -3.66. The minimum Gasteiger partial charge on any atom is -0.507 e. The Kier molecular flexibility index (Phi) is 5.08. The van der Waals surface area contributed by atoms with Crippen molar-refractivity contribution >= 4 is 28.9 Å². The summed E-state index contributed by atoms with van der Waals surface area (Å²) in [6.45, 7) is 3.90. The third-order valence-corrected chi connectivity index (χ3v) is 6.73. The van der Waals surface area contributed by atoms with E-state index in [2.05, 4.69) is 5.16 Å². The standard InChI is InChI=1S/C23H24N2O8/c1-8(2)10-4-5-13(26)15-11(10)6-9-7-12-17(25-33-3)19(28)16(22(24)31)21(30)23(12,32)20(29)14(9)18(15)27/h4-5,8-9,12,26-28,32H,6-7H2,1-3H3,(H2,24,31). The zero-order chi connectivity index (χ0) is 24.4. The second kappa shape index (κ2) is 7.45. The maximum absolute atomic E-state index is 13.6. The van der Waals surface area contributed by atoms with E-state index in [1.54, 1.807) is 6.07 Å². The number of fused-ring (bicyclic) bond motifs is 3. The summed E-state index contributed by atoms with van der Waals surface area (Å²) in [6.07, 6.45) is 0.162. The molecule has 1 aromatic carbocycles. The van der Waals surface area contributed by atoms with Crippen molar-refractivity contribution in [3.63, 3.8) is 0 Å². The van der Waals surface area contributed by atoms with Gasteiger partial charge in [-0.25, -0.2) is 0 Å². The highest BCUT2D eigenvalue weighted by Gasteiger charge is 2.64. The second-order valence-electron chi connectivity index (χ2n) is 8.81. The number of nitrogens with two attached hydrogens (primary N) is 1. The number of Topliss-reactive ketones (excluding diaryl/α,β-unsaturated/α-hetero) is 2. The summed E-state index contributed by atoms with van der Waals surface area (Å²) in [5.41, 5.74) is 2.43. The lowest BCUT2D eigenvalue weighted by atomic mass is 9.58. The summed E-state index contributed by atoms with van der Waals surface area (Å²) in [6, 6.07) is 3.16. The summed E-state index contributed by atoms with van der Waals surface area (Å²) in [4.78, 5) is 43.3. The first kappa shape index (κ1) is 22.5. The predicted molar refractivity (Wildman–Crippen MR) is 115 cm³/mol. The zero-order valence-corrected chi connectivity index (χ0v) is 18.2. The summed E-state index contributed by atoms with van der Waals surface area (Å²) in [7, 11) is 1.16. The van der Waals surface area contributed by atoms with Crippen LogP contribution in [0, 0.1) is 11.8 Å². The number of nitrogens with zero attached hydrogens (tertiary/aromatic N) is 1. The number of hydrogen-bond donors (Lipinski definition) is 5. The molecule has 3 aliphatic carbocycles. The first-order chi connectivity index (χ1) is 15.5. The van der Waals surface area contributed by atoms with Gasteiger partial charge in [0, 0.05) is 5.57 Å². The molecule has 0 spiro atoms. The SMILES string of the molecule is CON=C1C(O)=C(C(N)=O)C(=O)C2(O)C(=O)C3=C(O)c4c(O)ccc(C(C)C)c4CC3CC12. The Balaban J connectivity index is 1.98. The minimum atomic E-state index is -2.84. The van der Waals surface area contributed by atoms with Crippen molar-refractivity contribution in [1.82, 2.24) is 0 Å². The zero-order valence-electron chi connectivity index (χ0n) is 18.2. The number of aliphatic hydroxyl groups excluding tert-OH is 2. The summed E-state index contributed by atoms with van der Waals surface area (Å²) < 4.78 is 0. The summed E-state index contributed by atoms with van der Waals surface area (Å²) in [5.74, 6) is -7.45. The molecule has 3 atom stereocenters. The summed E-state index contributed by atoms with van der Waals surface area (Å²) in [5, 5.41) is 47.1. The van der Waals surface area contributed by atoms with Crippen molar-refractivity contribution in [2.24, 2.45) is 22.7 Å². The van der Waals surface area contributed by atoms with E-state index in [1.165, 1.54) is 6.07 Å². The smallest absolute Gasteiger partial charge is 0.256 e. The fourth-order valence-corrected chi connectivity index (χ4v) is 5.26. The molecule has 4 rings (SSSR count). The van der Waals surface area contributed by atoms with Crippen molar-refractivity contribution in [3.05, 3.63) is 45.7 Å². The molecule has 10 heteroatoms. The van der Waals surface area contributed by atoms with E-state index in [-0.39, 0.29) is 41.4 Å². The molecule has 10 nitrogen and oxygen atoms in total. The van der Waals surface area contributed by atoms with E-state index < -0.39 is 52.0 Å². The number of ketones is 2. The van der Waals surface area contributed by atoms with Gasteiger partial charge in [0.2, 0.25) is 11.6 Å². The number of primary amides is 1. The largest absolute Gasteiger partial charge is 0.507 e. The van der Waals surface area contributed by atoms with E-state index in [0.717, 1.165) is 12.7 Å². The number of benzene rings is 1. The molecule has 1 amide bonds. The lowest BCUT2D eigenvalue weighted by molar-refractivity contribution is -0.153. The second-order valence-corrected chi connectivity index (χ2v) is 8.81. The number of carbonyl (C=O) groups is 3. The van der Waals surface area contributed by atoms with Crippen LogP contribution in [0.2, 0.25) is 0 Å². The Bertz CT molecular complexity index is 1210. The van der Waals surface area contributed by atoms with Gasteiger partial charge in [0.05, 0.1) is 11.5 Å². The van der Waals surface area contributed by atoms with Gasteiger partial charge >= 0.3 is 0 Å². The highest BCUT2D eigenvalue weighted by Crippen LogP contribution is 2.51. The van der Waals surface area contributed by atoms with Crippen molar-refractivity contribution in [3.8, 4) is 5.75 Å². The van der Waals surface area contributed by atoms with E-state index >= 15 is 0 Å². The van der Waals surface area contributed by atoms with Gasteiger partial charge in [-0.15, -0.1) is 0 Å². The number of aliphatic hydroxyl groups is 3. The Morgan fingerprint density at radius 2 is 1.85 bits per heavy atom. The Morgan fingerprint density at radius 1 is 1.18 bits per heavy atom. The van der Waals surface area contributed by atoms with Gasteiger partial charge in [-0.2, -0.15) is 0 Å². The quantitative estimate of drug-likeness (QED) is 0.255. The molecule has 33 heavy (non-hydrogen) atoms. The molecular formula is C23H24N2O8. The van der Waals surface area contributed by atoms with Crippen LogP contribution in [0.25, 0.3) is 5.76 Å². The number of oxime groups is 1. The van der Waals surface area contributed by atoms with Crippen molar-refractivity contribution in [2.75, 3.05) is 7.11 Å². The average molecular weight is 456 g/mol. The van der Waals surface area contributed by atoms with E-state index in [1.807, 2.05) is 13.8 Å².